The van der Waals surface area contributed by atoms with Crippen molar-refractivity contribution in [2.24, 2.45) is 0 Å². The molecule has 1 aliphatic rings. The van der Waals surface area contributed by atoms with Gasteiger partial charge in [-0.15, -0.1) is 0 Å². The van der Waals surface area contributed by atoms with Gasteiger partial charge in [0.1, 0.15) is 6.23 Å². The van der Waals surface area contributed by atoms with E-state index in [9.17, 15) is 10.2 Å². The zero-order valence-corrected chi connectivity index (χ0v) is 14.8. The number of hydrogen-bond acceptors (Lipinski definition) is 7. The monoisotopic (exact) mass is 405 g/mol. The van der Waals surface area contributed by atoms with Gasteiger partial charge >= 0.3 is 0 Å². The minimum Gasteiger partial charge on any atom is -0.504 e. The van der Waals surface area contributed by atoms with E-state index in [2.05, 4.69) is 36.2 Å². The van der Waals surface area contributed by atoms with Crippen LogP contribution in [0.15, 0.2) is 29.3 Å². The van der Waals surface area contributed by atoms with Gasteiger partial charge in [0.15, 0.2) is 28.5 Å². The van der Waals surface area contributed by atoms with E-state index >= 15 is 0 Å². The van der Waals surface area contributed by atoms with E-state index in [1.165, 1.54) is 6.07 Å². The van der Waals surface area contributed by atoms with E-state index in [1.54, 1.807) is 18.5 Å². The number of rotatable bonds is 3. The van der Waals surface area contributed by atoms with E-state index in [0.29, 0.717) is 27.4 Å². The molecule has 3 N–H and O–H groups in total. The molecule has 9 heteroatoms. The Hall–Kier alpha value is -2.39. The first kappa shape index (κ1) is 16.1. The number of nitrogens with one attached hydrogen (secondary N) is 1. The van der Waals surface area contributed by atoms with Gasteiger partial charge in [0.2, 0.25) is 4.73 Å². The standard InChI is InChI=1S/C16H16BrN5O3/c17-16-20-14(19-9-4-3-5-10(23)13(9)24)12-15(21-16)22(8-18-12)11-6-1-2-7-25-11/h3-5,8,11,23-24H,1-2,6-7H2,(H,19,20,21). The molecule has 1 unspecified atom stereocenters. The summed E-state index contributed by atoms with van der Waals surface area (Å²) in [6, 6.07) is 4.67. The van der Waals surface area contributed by atoms with Crippen LogP contribution in [0.1, 0.15) is 25.5 Å². The molecule has 1 saturated heterocycles. The third-order valence-corrected chi connectivity index (χ3v) is 4.48. The first-order valence-corrected chi connectivity index (χ1v) is 8.72. The summed E-state index contributed by atoms with van der Waals surface area (Å²) in [6.45, 7) is 0.721. The van der Waals surface area contributed by atoms with E-state index in [4.69, 9.17) is 4.74 Å². The highest BCUT2D eigenvalue weighted by atomic mass is 79.9. The van der Waals surface area contributed by atoms with Crippen LogP contribution in [-0.4, -0.2) is 36.3 Å². The average Bonchev–Trinajstić information content (AvgIpc) is 3.03. The van der Waals surface area contributed by atoms with Crippen molar-refractivity contribution in [1.82, 2.24) is 19.5 Å². The molecule has 1 atom stereocenters. The van der Waals surface area contributed by atoms with Crippen LogP contribution >= 0.6 is 15.9 Å². The zero-order chi connectivity index (χ0) is 17.4. The fraction of sp³-hybridized carbons (Fsp3) is 0.312. The largest absolute Gasteiger partial charge is 0.504 e. The zero-order valence-electron chi connectivity index (χ0n) is 13.2. The number of nitrogens with zero attached hydrogens (tertiary/aromatic N) is 4. The normalized spacial score (nSPS) is 17.7. The average molecular weight is 406 g/mol. The summed E-state index contributed by atoms with van der Waals surface area (Å²) in [5.41, 5.74) is 1.52. The Morgan fingerprint density at radius 1 is 1.24 bits per heavy atom. The number of halogens is 1. The quantitative estimate of drug-likeness (QED) is 0.452. The first-order valence-electron chi connectivity index (χ1n) is 7.93. The van der Waals surface area contributed by atoms with Crippen LogP contribution in [0.4, 0.5) is 11.5 Å². The Bertz CT molecular complexity index is 924. The predicted octanol–water partition coefficient (Wildman–Crippen LogP) is 3.44. The predicted molar refractivity (Wildman–Crippen MR) is 94.9 cm³/mol. The molecule has 8 nitrogen and oxygen atoms in total. The maximum Gasteiger partial charge on any atom is 0.200 e. The maximum atomic E-state index is 10.00. The molecule has 0 bridgehead atoms. The van der Waals surface area contributed by atoms with Crippen molar-refractivity contribution in [1.29, 1.82) is 0 Å². The Balaban J connectivity index is 1.77. The number of phenolic OH excluding ortho intramolecular Hbond substituents is 2. The number of fused-ring (bicyclic) bond motifs is 1. The number of imidazole rings is 1. The number of aromatic hydroxyl groups is 2. The van der Waals surface area contributed by atoms with Crippen LogP contribution in [0.2, 0.25) is 0 Å². The number of ether oxygens (including phenoxy) is 1. The summed E-state index contributed by atoms with van der Waals surface area (Å²) in [6.07, 6.45) is 4.66. The Morgan fingerprint density at radius 2 is 2.12 bits per heavy atom. The summed E-state index contributed by atoms with van der Waals surface area (Å²) in [5.74, 6) is -0.0386. The topological polar surface area (TPSA) is 105 Å². The fourth-order valence-corrected chi connectivity index (χ4v) is 3.24. The van der Waals surface area contributed by atoms with Crippen molar-refractivity contribution in [3.63, 3.8) is 0 Å². The summed E-state index contributed by atoms with van der Waals surface area (Å²) >= 11 is 3.32. The van der Waals surface area contributed by atoms with E-state index in [1.807, 2.05) is 4.57 Å². The molecule has 3 aromatic rings. The van der Waals surface area contributed by atoms with Crippen molar-refractivity contribution in [2.45, 2.75) is 25.5 Å². The van der Waals surface area contributed by atoms with Crippen molar-refractivity contribution < 1.29 is 14.9 Å². The first-order chi connectivity index (χ1) is 12.1. The van der Waals surface area contributed by atoms with Gasteiger partial charge in [-0.3, -0.25) is 4.57 Å². The molecular formula is C16H16BrN5O3. The second-order valence-electron chi connectivity index (χ2n) is 5.78. The molecule has 1 aromatic carbocycles. The molecule has 2 aromatic heterocycles. The van der Waals surface area contributed by atoms with Crippen LogP contribution in [0.3, 0.4) is 0 Å². The summed E-state index contributed by atoms with van der Waals surface area (Å²) in [4.78, 5) is 13.2. The van der Waals surface area contributed by atoms with Gasteiger partial charge in [0.25, 0.3) is 0 Å². The number of benzene rings is 1. The highest BCUT2D eigenvalue weighted by Crippen LogP contribution is 2.36. The SMILES string of the molecule is Oc1cccc(Nc2nc(Br)nc3c2ncn3C2CCCCO2)c1O. The van der Waals surface area contributed by atoms with Gasteiger partial charge in [-0.1, -0.05) is 6.07 Å². The maximum absolute atomic E-state index is 10.00. The number of hydrogen-bond donors (Lipinski definition) is 3. The Kier molecular flexibility index (Phi) is 4.18. The van der Waals surface area contributed by atoms with E-state index in [0.717, 1.165) is 25.9 Å². The van der Waals surface area contributed by atoms with E-state index in [-0.39, 0.29) is 17.7 Å². The number of anilines is 2. The minimum atomic E-state index is -0.250. The second kappa shape index (κ2) is 6.49. The molecule has 4 rings (SSSR count). The molecule has 0 spiro atoms. The molecule has 0 aliphatic carbocycles. The minimum absolute atomic E-state index is 0.0948. The van der Waals surface area contributed by atoms with E-state index < -0.39 is 0 Å². The van der Waals surface area contributed by atoms with Crippen LogP contribution in [0.5, 0.6) is 11.5 Å². The molecular weight excluding hydrogens is 390 g/mol. The lowest BCUT2D eigenvalue weighted by Crippen LogP contribution is -2.17. The van der Waals surface area contributed by atoms with Gasteiger partial charge in [-0.2, -0.15) is 0 Å². The van der Waals surface area contributed by atoms with Crippen molar-refractivity contribution >= 4 is 38.6 Å². The van der Waals surface area contributed by atoms with Crippen LogP contribution < -0.4 is 5.32 Å². The van der Waals surface area contributed by atoms with Gasteiger partial charge in [0, 0.05) is 6.61 Å². The molecule has 1 fully saturated rings. The third-order valence-electron chi connectivity index (χ3n) is 4.13. The fourth-order valence-electron chi connectivity index (χ4n) is 2.89. The van der Waals surface area contributed by atoms with Gasteiger partial charge in [-0.05, 0) is 47.3 Å². The molecule has 0 radical (unpaired) electrons. The molecule has 1 aliphatic heterocycles. The Morgan fingerprint density at radius 3 is 2.92 bits per heavy atom. The van der Waals surface area contributed by atoms with Crippen LogP contribution in [0.25, 0.3) is 11.2 Å². The number of phenols is 2. The molecule has 0 amide bonds. The van der Waals surface area contributed by atoms with Crippen molar-refractivity contribution in [3.8, 4) is 11.5 Å². The summed E-state index contributed by atoms with van der Waals surface area (Å²) < 4.78 is 8.10. The molecule has 3 heterocycles. The molecule has 25 heavy (non-hydrogen) atoms. The van der Waals surface area contributed by atoms with Gasteiger partial charge in [-0.25, -0.2) is 15.0 Å². The highest BCUT2D eigenvalue weighted by molar-refractivity contribution is 9.10. The van der Waals surface area contributed by atoms with Gasteiger partial charge in [0.05, 0.1) is 12.0 Å². The summed E-state index contributed by atoms with van der Waals surface area (Å²) in [5, 5.41) is 22.7. The smallest absolute Gasteiger partial charge is 0.200 e. The second-order valence-corrected chi connectivity index (χ2v) is 6.49. The third kappa shape index (κ3) is 3.00. The lowest BCUT2D eigenvalue weighted by atomic mass is 10.2. The lowest BCUT2D eigenvalue weighted by molar-refractivity contribution is -0.0298. The summed E-state index contributed by atoms with van der Waals surface area (Å²) in [7, 11) is 0. The van der Waals surface area contributed by atoms with Crippen molar-refractivity contribution in [2.75, 3.05) is 11.9 Å². The lowest BCUT2D eigenvalue weighted by Gasteiger charge is -2.23. The van der Waals surface area contributed by atoms with Crippen LogP contribution in [-0.2, 0) is 4.74 Å². The number of aromatic nitrogens is 4. The molecule has 130 valence electrons. The van der Waals surface area contributed by atoms with Crippen molar-refractivity contribution in [3.05, 3.63) is 29.3 Å². The molecule has 0 saturated carbocycles. The number of para-hydroxylation sites is 1. The van der Waals surface area contributed by atoms with Crippen LogP contribution in [0, 0.1) is 0 Å². The van der Waals surface area contributed by atoms with Gasteiger partial charge < -0.3 is 20.3 Å². The highest BCUT2D eigenvalue weighted by Gasteiger charge is 2.21. The Labute approximate surface area is 151 Å².